The molecule has 0 saturated heterocycles. The SMILES string of the molecule is CS(=O)(=O)c1ccc(C(=O)C2C(=O)CCCC2=O)c([N+](=O)[O-])c1.Cc1ccc(C(=O)COc2c(C(=O)c3ccc(Cl)c(C)c3Cl)c(C)nn2C)cc1. The van der Waals surface area contributed by atoms with Crippen LogP contribution in [0.25, 0.3) is 0 Å². The lowest BCUT2D eigenvalue weighted by Crippen LogP contribution is -2.35. The molecule has 0 radical (unpaired) electrons. The lowest BCUT2D eigenvalue weighted by atomic mass is 9.81. The first-order chi connectivity index (χ1) is 24.3. The van der Waals surface area contributed by atoms with Gasteiger partial charge in [-0.1, -0.05) is 53.0 Å². The number of carbonyl (C=O) groups is 5. The van der Waals surface area contributed by atoms with Crippen LogP contribution >= 0.6 is 23.2 Å². The van der Waals surface area contributed by atoms with Crippen LogP contribution in [0.4, 0.5) is 5.69 Å². The van der Waals surface area contributed by atoms with Crippen molar-refractivity contribution in [2.75, 3.05) is 12.9 Å². The molecule has 0 N–H and O–H groups in total. The van der Waals surface area contributed by atoms with Gasteiger partial charge in [-0.2, -0.15) is 5.10 Å². The highest BCUT2D eigenvalue weighted by molar-refractivity contribution is 7.90. The largest absolute Gasteiger partial charge is 0.469 e. The molecule has 0 atom stereocenters. The first kappa shape index (κ1) is 39.7. The Morgan fingerprint density at radius 2 is 1.56 bits per heavy atom. The van der Waals surface area contributed by atoms with Gasteiger partial charge in [0.1, 0.15) is 11.5 Å². The van der Waals surface area contributed by atoms with E-state index in [9.17, 15) is 42.5 Å². The second-order valence-corrected chi connectivity index (χ2v) is 14.9. The first-order valence-corrected chi connectivity index (χ1v) is 18.3. The molecule has 1 heterocycles. The van der Waals surface area contributed by atoms with E-state index in [1.165, 1.54) is 4.68 Å². The number of nitro benzene ring substituents is 1. The molecule has 52 heavy (non-hydrogen) atoms. The van der Waals surface area contributed by atoms with Gasteiger partial charge in [0.2, 0.25) is 11.7 Å². The number of ether oxygens (including phenoxy) is 1. The van der Waals surface area contributed by atoms with E-state index in [1.807, 2.05) is 19.1 Å². The second-order valence-electron chi connectivity index (χ2n) is 12.1. The van der Waals surface area contributed by atoms with Crippen LogP contribution < -0.4 is 4.74 Å². The number of nitrogens with zero attached hydrogens (tertiary/aromatic N) is 3. The zero-order chi connectivity index (χ0) is 38.7. The number of hydrogen-bond donors (Lipinski definition) is 0. The molecule has 0 bridgehead atoms. The van der Waals surface area contributed by atoms with Gasteiger partial charge in [-0.15, -0.1) is 0 Å². The van der Waals surface area contributed by atoms with E-state index >= 15 is 0 Å². The highest BCUT2D eigenvalue weighted by Gasteiger charge is 2.39. The van der Waals surface area contributed by atoms with E-state index in [0.29, 0.717) is 33.8 Å². The van der Waals surface area contributed by atoms with Crippen LogP contribution in [0.5, 0.6) is 5.88 Å². The lowest BCUT2D eigenvalue weighted by molar-refractivity contribution is -0.385. The van der Waals surface area contributed by atoms with Crippen molar-refractivity contribution < 1.29 is 42.1 Å². The number of carbonyl (C=O) groups excluding carboxylic acids is 5. The van der Waals surface area contributed by atoms with Crippen LogP contribution in [0.1, 0.15) is 72.7 Å². The highest BCUT2D eigenvalue weighted by atomic mass is 35.5. The van der Waals surface area contributed by atoms with Gasteiger partial charge in [0, 0.05) is 48.4 Å². The van der Waals surface area contributed by atoms with Crippen molar-refractivity contribution in [3.63, 3.8) is 0 Å². The zero-order valence-corrected chi connectivity index (χ0v) is 31.0. The Morgan fingerprint density at radius 3 is 2.13 bits per heavy atom. The fourth-order valence-corrected chi connectivity index (χ4v) is 6.54. The summed E-state index contributed by atoms with van der Waals surface area (Å²) in [6.45, 7) is 5.19. The van der Waals surface area contributed by atoms with Crippen LogP contribution in [-0.4, -0.2) is 64.9 Å². The van der Waals surface area contributed by atoms with Gasteiger partial charge in [0.05, 0.1) is 26.1 Å². The van der Waals surface area contributed by atoms with Gasteiger partial charge in [-0.05, 0) is 57.0 Å². The number of sulfone groups is 1. The van der Waals surface area contributed by atoms with Gasteiger partial charge in [-0.3, -0.25) is 34.1 Å². The minimum absolute atomic E-state index is 0.0668. The van der Waals surface area contributed by atoms with E-state index in [2.05, 4.69) is 5.10 Å². The van der Waals surface area contributed by atoms with E-state index in [1.54, 1.807) is 45.2 Å². The summed E-state index contributed by atoms with van der Waals surface area (Å²) in [5.41, 5.74) is 2.12. The molecule has 0 amide bonds. The second kappa shape index (κ2) is 16.1. The van der Waals surface area contributed by atoms with Gasteiger partial charge >= 0.3 is 0 Å². The monoisotopic (exact) mass is 769 g/mol. The molecule has 0 aliphatic heterocycles. The number of aromatic nitrogens is 2. The molecule has 0 spiro atoms. The normalized spacial score (nSPS) is 13.3. The lowest BCUT2D eigenvalue weighted by Gasteiger charge is -2.18. The Labute approximate surface area is 308 Å². The Morgan fingerprint density at radius 1 is 0.962 bits per heavy atom. The van der Waals surface area contributed by atoms with Crippen molar-refractivity contribution in [2.45, 2.75) is 44.9 Å². The number of benzene rings is 3. The predicted octanol–water partition coefficient (Wildman–Crippen LogP) is 6.26. The third kappa shape index (κ3) is 8.69. The summed E-state index contributed by atoms with van der Waals surface area (Å²) in [6.07, 6.45) is 1.37. The number of nitro groups is 1. The van der Waals surface area contributed by atoms with E-state index in [4.69, 9.17) is 27.9 Å². The summed E-state index contributed by atoms with van der Waals surface area (Å²) in [5, 5.41) is 16.2. The molecule has 1 aliphatic rings. The summed E-state index contributed by atoms with van der Waals surface area (Å²) in [5.74, 6) is -3.92. The minimum Gasteiger partial charge on any atom is -0.469 e. The predicted molar refractivity (Wildman–Crippen MR) is 191 cm³/mol. The van der Waals surface area contributed by atoms with E-state index in [-0.39, 0.29) is 52.4 Å². The molecule has 5 rings (SSSR count). The molecule has 1 saturated carbocycles. The van der Waals surface area contributed by atoms with Crippen molar-refractivity contribution in [1.29, 1.82) is 0 Å². The van der Waals surface area contributed by atoms with E-state index in [0.717, 1.165) is 30.0 Å². The van der Waals surface area contributed by atoms with Gasteiger partial charge in [0.25, 0.3) is 5.69 Å². The van der Waals surface area contributed by atoms with Crippen molar-refractivity contribution >= 4 is 67.6 Å². The van der Waals surface area contributed by atoms with Crippen LogP contribution in [0, 0.1) is 36.8 Å². The number of rotatable bonds is 10. The topological polar surface area (TPSA) is 190 Å². The maximum Gasteiger partial charge on any atom is 0.281 e. The summed E-state index contributed by atoms with van der Waals surface area (Å²) < 4.78 is 30.1. The smallest absolute Gasteiger partial charge is 0.281 e. The highest BCUT2D eigenvalue weighted by Crippen LogP contribution is 2.33. The Bertz CT molecular complexity index is 2230. The van der Waals surface area contributed by atoms with Crippen molar-refractivity contribution in [1.82, 2.24) is 9.78 Å². The summed E-state index contributed by atoms with van der Waals surface area (Å²) >= 11 is 12.4. The fraction of sp³-hybridized carbons (Fsp3) is 0.278. The number of hydrogen-bond acceptors (Lipinski definition) is 11. The molecule has 0 unspecified atom stereocenters. The molecule has 272 valence electrons. The van der Waals surface area contributed by atoms with Gasteiger partial charge < -0.3 is 4.74 Å². The third-order valence-electron chi connectivity index (χ3n) is 8.29. The summed E-state index contributed by atoms with van der Waals surface area (Å²) in [6, 6.07) is 13.2. The van der Waals surface area contributed by atoms with Crippen LogP contribution in [-0.2, 0) is 26.5 Å². The van der Waals surface area contributed by atoms with Crippen molar-refractivity contribution in [2.24, 2.45) is 13.0 Å². The molecule has 1 aromatic heterocycles. The number of aryl methyl sites for hydroxylation is 3. The van der Waals surface area contributed by atoms with E-state index < -0.39 is 49.3 Å². The third-order valence-corrected chi connectivity index (χ3v) is 10.3. The number of Topliss-reactive ketones (excluding diaryl/α,β-unsaturated/α-hetero) is 4. The average Bonchev–Trinajstić information content (AvgIpc) is 3.37. The molecule has 16 heteroatoms. The summed E-state index contributed by atoms with van der Waals surface area (Å²) in [7, 11) is -2.04. The molecular weight excluding hydrogens is 737 g/mol. The van der Waals surface area contributed by atoms with Crippen LogP contribution in [0.15, 0.2) is 59.5 Å². The molecule has 13 nitrogen and oxygen atoms in total. The van der Waals surface area contributed by atoms with Crippen molar-refractivity contribution in [3.05, 3.63) is 114 Å². The number of ketones is 5. The van der Waals surface area contributed by atoms with Crippen LogP contribution in [0.2, 0.25) is 10.0 Å². The Hall–Kier alpha value is -5.05. The first-order valence-electron chi connectivity index (χ1n) is 15.7. The molecule has 1 fully saturated rings. The zero-order valence-electron chi connectivity index (χ0n) is 28.7. The Kier molecular flexibility index (Phi) is 12.3. The summed E-state index contributed by atoms with van der Waals surface area (Å²) in [4.78, 5) is 71.6. The molecule has 4 aromatic rings. The number of halogens is 2. The Balaban J connectivity index is 0.000000239. The molecule has 1 aliphatic carbocycles. The average molecular weight is 771 g/mol. The minimum atomic E-state index is -3.70. The maximum atomic E-state index is 13.2. The van der Waals surface area contributed by atoms with Crippen LogP contribution in [0.3, 0.4) is 0 Å². The van der Waals surface area contributed by atoms with Crippen molar-refractivity contribution in [3.8, 4) is 5.88 Å². The fourth-order valence-electron chi connectivity index (χ4n) is 5.45. The quantitative estimate of drug-likeness (QED) is 0.0765. The molecular formula is C36H33Cl2N3O10S. The maximum absolute atomic E-state index is 13.2. The van der Waals surface area contributed by atoms with Gasteiger partial charge in [-0.25, -0.2) is 13.1 Å². The van der Waals surface area contributed by atoms with Gasteiger partial charge in [0.15, 0.2) is 39.6 Å². The molecule has 3 aromatic carbocycles. The standard InChI is InChI=1S/C22H20Cl2N2O3.C14H13NO7S/c1-12-5-7-15(8-6-12)18(27)11-29-22-19(14(3)25-26(22)4)21(28)16-9-10-17(23)13(2)20(16)24;1-23(21,22)8-5-6-9(10(7-8)15(19)20)14(18)13-11(16)3-2-4-12(13)17/h5-10H,11H2,1-4H3;5-7,13H,2-4H2,1H3.